The number of hydrogen-bond donors (Lipinski definition) is 0. The number of benzene rings is 3. The van der Waals surface area contributed by atoms with E-state index >= 15 is 0 Å². The Labute approximate surface area is 242 Å². The van der Waals surface area contributed by atoms with Gasteiger partial charge in [-0.15, -0.1) is 20.4 Å². The van der Waals surface area contributed by atoms with Gasteiger partial charge in [-0.1, -0.05) is 6.07 Å². The third kappa shape index (κ3) is 4.53. The third-order valence-electron chi connectivity index (χ3n) is 7.49. The molecule has 0 fully saturated rings. The lowest BCUT2D eigenvalue weighted by atomic mass is 10.1. The van der Waals surface area contributed by atoms with Gasteiger partial charge in [-0.25, -0.2) is 0 Å². The van der Waals surface area contributed by atoms with Crippen molar-refractivity contribution in [1.82, 2.24) is 29.5 Å². The fourth-order valence-corrected chi connectivity index (χ4v) is 5.36. The standard InChI is InChI=1S/C34H28N6O2/c1-21-8-9-22(2)39(21)29-16-12-25(13-17-29)31-35-37-33(41-31)27-6-5-7-28(20-27)34-38-36-32(42-34)26-14-18-30(19-15-26)40-23(3)10-11-24(40)4/h5-20H,1-4H3. The van der Waals surface area contributed by atoms with Gasteiger partial charge < -0.3 is 18.0 Å². The van der Waals surface area contributed by atoms with Gasteiger partial charge in [0.05, 0.1) is 0 Å². The van der Waals surface area contributed by atoms with Gasteiger partial charge in [-0.2, -0.15) is 0 Å². The molecule has 0 unspecified atom stereocenters. The van der Waals surface area contributed by atoms with Crippen molar-refractivity contribution in [3.05, 3.63) is 120 Å². The van der Waals surface area contributed by atoms with E-state index < -0.39 is 0 Å². The van der Waals surface area contributed by atoms with Crippen molar-refractivity contribution in [1.29, 1.82) is 0 Å². The van der Waals surface area contributed by atoms with E-state index in [1.165, 1.54) is 22.8 Å². The second kappa shape index (κ2) is 10.2. The van der Waals surface area contributed by atoms with Crippen LogP contribution in [-0.2, 0) is 0 Å². The highest BCUT2D eigenvalue weighted by Gasteiger charge is 2.15. The summed E-state index contributed by atoms with van der Waals surface area (Å²) in [4.78, 5) is 0. The van der Waals surface area contributed by atoms with Gasteiger partial charge in [0.25, 0.3) is 0 Å². The van der Waals surface area contributed by atoms with Gasteiger partial charge in [0, 0.05) is 56.4 Å². The first-order valence-electron chi connectivity index (χ1n) is 13.7. The van der Waals surface area contributed by atoms with Gasteiger partial charge in [-0.3, -0.25) is 0 Å². The van der Waals surface area contributed by atoms with E-state index in [-0.39, 0.29) is 0 Å². The summed E-state index contributed by atoms with van der Waals surface area (Å²) in [5.41, 5.74) is 10.2. The van der Waals surface area contributed by atoms with E-state index in [4.69, 9.17) is 8.83 Å². The zero-order valence-corrected chi connectivity index (χ0v) is 23.7. The normalized spacial score (nSPS) is 11.3. The van der Waals surface area contributed by atoms with Gasteiger partial charge in [0.2, 0.25) is 23.6 Å². The highest BCUT2D eigenvalue weighted by atomic mass is 16.4. The van der Waals surface area contributed by atoms with E-state index in [1.54, 1.807) is 0 Å². The lowest BCUT2D eigenvalue weighted by Crippen LogP contribution is -1.98. The molecule has 0 aliphatic carbocycles. The molecule has 4 aromatic heterocycles. The van der Waals surface area contributed by atoms with Gasteiger partial charge in [-0.05, 0) is 119 Å². The molecule has 0 spiro atoms. The minimum atomic E-state index is 0.416. The van der Waals surface area contributed by atoms with Crippen molar-refractivity contribution < 1.29 is 8.83 Å². The lowest BCUT2D eigenvalue weighted by Gasteiger charge is -2.09. The summed E-state index contributed by atoms with van der Waals surface area (Å²) < 4.78 is 16.5. The summed E-state index contributed by atoms with van der Waals surface area (Å²) in [5, 5.41) is 17.2. The molecule has 3 aromatic carbocycles. The Morgan fingerprint density at radius 2 is 0.738 bits per heavy atom. The molecule has 7 aromatic rings. The van der Waals surface area contributed by atoms with Crippen LogP contribution in [0.3, 0.4) is 0 Å². The molecule has 0 aliphatic rings. The second-order valence-corrected chi connectivity index (χ2v) is 10.4. The monoisotopic (exact) mass is 552 g/mol. The molecule has 206 valence electrons. The Hall–Kier alpha value is -5.50. The molecule has 7 rings (SSSR count). The van der Waals surface area contributed by atoms with Crippen molar-refractivity contribution in [3.8, 4) is 57.2 Å². The molecule has 0 saturated carbocycles. The molecular formula is C34H28N6O2. The Morgan fingerprint density at radius 3 is 1.10 bits per heavy atom. The molecule has 0 bridgehead atoms. The predicted molar refractivity (Wildman–Crippen MR) is 161 cm³/mol. The average Bonchev–Trinajstić information content (AvgIpc) is 3.82. The van der Waals surface area contributed by atoms with Crippen LogP contribution in [0.2, 0.25) is 0 Å². The Morgan fingerprint density at radius 1 is 0.405 bits per heavy atom. The molecule has 8 heteroatoms. The van der Waals surface area contributed by atoms with E-state index in [0.29, 0.717) is 23.6 Å². The van der Waals surface area contributed by atoms with Crippen LogP contribution in [0.25, 0.3) is 57.2 Å². The predicted octanol–water partition coefficient (Wildman–Crippen LogP) is 7.94. The quantitative estimate of drug-likeness (QED) is 0.208. The summed E-state index contributed by atoms with van der Waals surface area (Å²) in [6, 6.07) is 32.3. The summed E-state index contributed by atoms with van der Waals surface area (Å²) in [6.45, 7) is 8.38. The summed E-state index contributed by atoms with van der Waals surface area (Å²) in [6.07, 6.45) is 0. The van der Waals surface area contributed by atoms with E-state index in [9.17, 15) is 0 Å². The topological polar surface area (TPSA) is 87.7 Å². The van der Waals surface area contributed by atoms with Crippen LogP contribution in [0.15, 0.2) is 106 Å². The zero-order chi connectivity index (χ0) is 28.8. The molecule has 0 atom stereocenters. The number of nitrogens with zero attached hydrogens (tertiary/aromatic N) is 6. The van der Waals surface area contributed by atoms with Crippen LogP contribution in [0, 0.1) is 27.7 Å². The first-order valence-corrected chi connectivity index (χ1v) is 13.7. The summed E-state index contributed by atoms with van der Waals surface area (Å²) in [5.74, 6) is 1.74. The van der Waals surface area contributed by atoms with Crippen molar-refractivity contribution in [3.63, 3.8) is 0 Å². The highest BCUT2D eigenvalue weighted by Crippen LogP contribution is 2.30. The molecule has 42 heavy (non-hydrogen) atoms. The zero-order valence-electron chi connectivity index (χ0n) is 23.7. The van der Waals surface area contributed by atoms with Crippen molar-refractivity contribution >= 4 is 0 Å². The third-order valence-corrected chi connectivity index (χ3v) is 7.49. The molecule has 0 saturated heterocycles. The summed E-state index contributed by atoms with van der Waals surface area (Å²) in [7, 11) is 0. The number of hydrogen-bond acceptors (Lipinski definition) is 6. The molecule has 8 nitrogen and oxygen atoms in total. The minimum Gasteiger partial charge on any atom is -0.416 e. The Kier molecular flexibility index (Phi) is 6.16. The van der Waals surface area contributed by atoms with Crippen molar-refractivity contribution in [2.75, 3.05) is 0 Å². The largest absolute Gasteiger partial charge is 0.416 e. The summed E-state index contributed by atoms with van der Waals surface area (Å²) >= 11 is 0. The number of rotatable bonds is 6. The second-order valence-electron chi connectivity index (χ2n) is 10.4. The van der Waals surface area contributed by atoms with Gasteiger partial charge in [0.1, 0.15) is 0 Å². The van der Waals surface area contributed by atoms with E-state index in [1.807, 2.05) is 48.5 Å². The first kappa shape index (κ1) is 25.5. The van der Waals surface area contributed by atoms with E-state index in [0.717, 1.165) is 33.6 Å². The maximum Gasteiger partial charge on any atom is 0.248 e. The van der Waals surface area contributed by atoms with Crippen molar-refractivity contribution in [2.24, 2.45) is 0 Å². The first-order chi connectivity index (χ1) is 20.4. The number of aromatic nitrogens is 6. The Balaban J connectivity index is 1.11. The molecule has 0 N–H and O–H groups in total. The molecule has 0 radical (unpaired) electrons. The molecular weight excluding hydrogens is 524 g/mol. The van der Waals surface area contributed by atoms with Crippen LogP contribution < -0.4 is 0 Å². The Bertz CT molecular complexity index is 1840. The van der Waals surface area contributed by atoms with Crippen molar-refractivity contribution in [2.45, 2.75) is 27.7 Å². The molecule has 0 amide bonds. The SMILES string of the molecule is Cc1ccc(C)n1-c1ccc(-c2nnc(-c3cccc(-c4nnc(-c5ccc(-n6c(C)ccc6C)cc5)o4)c3)o2)cc1. The van der Waals surface area contributed by atoms with Crippen LogP contribution in [0.4, 0.5) is 0 Å². The molecule has 4 heterocycles. The van der Waals surface area contributed by atoms with Crippen LogP contribution >= 0.6 is 0 Å². The fraction of sp³-hybridized carbons (Fsp3) is 0.118. The highest BCUT2D eigenvalue weighted by molar-refractivity contribution is 5.66. The minimum absolute atomic E-state index is 0.416. The van der Waals surface area contributed by atoms with E-state index in [2.05, 4.69) is 106 Å². The average molecular weight is 553 g/mol. The molecule has 0 aliphatic heterocycles. The van der Waals surface area contributed by atoms with Crippen LogP contribution in [0.1, 0.15) is 22.8 Å². The van der Waals surface area contributed by atoms with Gasteiger partial charge >= 0.3 is 0 Å². The van der Waals surface area contributed by atoms with Crippen LogP contribution in [0.5, 0.6) is 0 Å². The fourth-order valence-electron chi connectivity index (χ4n) is 5.36. The maximum absolute atomic E-state index is 6.06. The lowest BCUT2D eigenvalue weighted by molar-refractivity contribution is 0.582. The number of aryl methyl sites for hydroxylation is 4. The smallest absolute Gasteiger partial charge is 0.248 e. The van der Waals surface area contributed by atoms with Crippen LogP contribution in [-0.4, -0.2) is 29.5 Å². The maximum atomic E-state index is 6.06. The van der Waals surface area contributed by atoms with Gasteiger partial charge in [0.15, 0.2) is 0 Å².